The van der Waals surface area contributed by atoms with Crippen LogP contribution in [0.1, 0.15) is 19.0 Å². The Morgan fingerprint density at radius 2 is 1.85 bits per heavy atom. The first kappa shape index (κ1) is 15.5. The van der Waals surface area contributed by atoms with Gasteiger partial charge < -0.3 is 5.32 Å². The van der Waals surface area contributed by atoms with Crippen LogP contribution in [0.4, 0.5) is 5.82 Å². The van der Waals surface area contributed by atoms with Crippen molar-refractivity contribution in [2.24, 2.45) is 0 Å². The average molecular weight is 327 g/mol. The monoisotopic (exact) mass is 326 g/mol. The molecule has 1 heterocycles. The Kier molecular flexibility index (Phi) is 6.02. The van der Waals surface area contributed by atoms with Gasteiger partial charge in [0.2, 0.25) is 0 Å². The Balaban J connectivity index is 2.02. The summed E-state index contributed by atoms with van der Waals surface area (Å²) in [6.45, 7) is 3.04. The lowest BCUT2D eigenvalue weighted by Crippen LogP contribution is -2.03. The number of hydrogen-bond donors (Lipinski definition) is 1. The molecular formula is C15H16Cl2N2S. The lowest BCUT2D eigenvalue weighted by Gasteiger charge is -2.08. The molecule has 0 spiro atoms. The van der Waals surface area contributed by atoms with E-state index in [0.717, 1.165) is 40.1 Å². The molecule has 0 aliphatic heterocycles. The van der Waals surface area contributed by atoms with Crippen LogP contribution in [0.15, 0.2) is 41.3 Å². The second kappa shape index (κ2) is 7.77. The number of anilines is 1. The Morgan fingerprint density at radius 1 is 1.10 bits per heavy atom. The third-order valence-electron chi connectivity index (χ3n) is 2.66. The van der Waals surface area contributed by atoms with E-state index >= 15 is 0 Å². The molecule has 0 atom stereocenters. The molecule has 1 aromatic heterocycles. The van der Waals surface area contributed by atoms with Crippen LogP contribution >= 0.6 is 35.0 Å². The molecule has 0 aliphatic rings. The molecule has 0 fully saturated rings. The lowest BCUT2D eigenvalue weighted by molar-refractivity contribution is 0.965. The highest BCUT2D eigenvalue weighted by atomic mass is 35.5. The van der Waals surface area contributed by atoms with Crippen molar-refractivity contribution in [3.8, 4) is 0 Å². The number of hydrogen-bond acceptors (Lipinski definition) is 3. The van der Waals surface area contributed by atoms with Gasteiger partial charge in [0.05, 0.1) is 10.7 Å². The summed E-state index contributed by atoms with van der Waals surface area (Å²) in [6.07, 6.45) is 1.07. The smallest absolute Gasteiger partial charge is 0.126 e. The second-order valence-electron chi connectivity index (χ2n) is 4.29. The molecule has 2 nitrogen and oxygen atoms in total. The number of benzene rings is 1. The molecule has 2 rings (SSSR count). The van der Waals surface area contributed by atoms with Gasteiger partial charge in [-0.2, -0.15) is 0 Å². The lowest BCUT2D eigenvalue weighted by atomic mass is 10.3. The summed E-state index contributed by atoms with van der Waals surface area (Å²) in [5.41, 5.74) is 0.896. The normalized spacial score (nSPS) is 10.6. The highest BCUT2D eigenvalue weighted by Crippen LogP contribution is 2.27. The van der Waals surface area contributed by atoms with Crippen LogP contribution < -0.4 is 5.32 Å². The predicted molar refractivity (Wildman–Crippen MR) is 89.0 cm³/mol. The molecule has 1 N–H and O–H groups in total. The zero-order valence-electron chi connectivity index (χ0n) is 11.2. The fourth-order valence-electron chi connectivity index (χ4n) is 1.62. The molecule has 5 heteroatoms. The van der Waals surface area contributed by atoms with Crippen molar-refractivity contribution < 1.29 is 0 Å². The van der Waals surface area contributed by atoms with Crippen molar-refractivity contribution in [3.63, 3.8) is 0 Å². The number of nitrogens with one attached hydrogen (secondary N) is 1. The van der Waals surface area contributed by atoms with E-state index in [4.69, 9.17) is 23.2 Å². The van der Waals surface area contributed by atoms with Crippen LogP contribution in [0.2, 0.25) is 10.0 Å². The number of nitrogens with zero attached hydrogens (tertiary/aromatic N) is 1. The van der Waals surface area contributed by atoms with Crippen molar-refractivity contribution in [1.29, 1.82) is 0 Å². The summed E-state index contributed by atoms with van der Waals surface area (Å²) in [4.78, 5) is 5.70. The van der Waals surface area contributed by atoms with Crippen LogP contribution in [0.5, 0.6) is 0 Å². The Morgan fingerprint density at radius 3 is 2.55 bits per heavy atom. The number of aromatic nitrogens is 1. The van der Waals surface area contributed by atoms with Gasteiger partial charge in [-0.3, -0.25) is 0 Å². The van der Waals surface area contributed by atoms with E-state index in [2.05, 4.69) is 17.2 Å². The van der Waals surface area contributed by atoms with E-state index < -0.39 is 0 Å². The van der Waals surface area contributed by atoms with Crippen molar-refractivity contribution in [2.45, 2.75) is 24.0 Å². The standard InChI is InChI=1S/C15H16Cl2N2S/c1-2-9-18-15-8-7-13(17)14(19-15)10-20-12-5-3-11(16)4-6-12/h3-8H,2,9-10H2,1H3,(H,18,19). The van der Waals surface area contributed by atoms with Crippen molar-refractivity contribution >= 4 is 40.8 Å². The van der Waals surface area contributed by atoms with Crippen molar-refractivity contribution in [3.05, 3.63) is 52.1 Å². The Hall–Kier alpha value is -0.900. The summed E-state index contributed by atoms with van der Waals surface area (Å²) >= 11 is 13.8. The Bertz CT molecular complexity index is 558. The highest BCUT2D eigenvalue weighted by molar-refractivity contribution is 7.98. The van der Waals surface area contributed by atoms with Crippen LogP contribution in [-0.4, -0.2) is 11.5 Å². The topological polar surface area (TPSA) is 24.9 Å². The molecular weight excluding hydrogens is 311 g/mol. The van der Waals surface area contributed by atoms with Gasteiger partial charge in [0.15, 0.2) is 0 Å². The van der Waals surface area contributed by atoms with E-state index in [1.54, 1.807) is 11.8 Å². The van der Waals surface area contributed by atoms with Crippen LogP contribution in [0, 0.1) is 0 Å². The summed E-state index contributed by atoms with van der Waals surface area (Å²) < 4.78 is 0. The molecule has 0 bridgehead atoms. The third kappa shape index (κ3) is 4.58. The Labute approximate surface area is 133 Å². The van der Waals surface area contributed by atoms with Gasteiger partial charge in [0, 0.05) is 22.2 Å². The summed E-state index contributed by atoms with van der Waals surface area (Å²) in [5.74, 6) is 1.62. The minimum Gasteiger partial charge on any atom is -0.370 e. The highest BCUT2D eigenvalue weighted by Gasteiger charge is 2.05. The minimum atomic E-state index is 0.702. The SMILES string of the molecule is CCCNc1ccc(Cl)c(CSc2ccc(Cl)cc2)n1. The van der Waals surface area contributed by atoms with Gasteiger partial charge in [-0.1, -0.05) is 30.1 Å². The predicted octanol–water partition coefficient (Wildman–Crippen LogP) is 5.50. The van der Waals surface area contributed by atoms with Gasteiger partial charge in [-0.15, -0.1) is 11.8 Å². The molecule has 2 aromatic rings. The number of thioether (sulfide) groups is 1. The van der Waals surface area contributed by atoms with Gasteiger partial charge >= 0.3 is 0 Å². The van der Waals surface area contributed by atoms with Gasteiger partial charge in [-0.25, -0.2) is 4.98 Å². The van der Waals surface area contributed by atoms with Crippen molar-refractivity contribution in [1.82, 2.24) is 4.98 Å². The number of halogens is 2. The first-order valence-electron chi connectivity index (χ1n) is 6.46. The fraction of sp³-hybridized carbons (Fsp3) is 0.267. The quantitative estimate of drug-likeness (QED) is 0.709. The van der Waals surface area contributed by atoms with Crippen molar-refractivity contribution in [2.75, 3.05) is 11.9 Å². The van der Waals surface area contributed by atoms with Crippen LogP contribution in [0.25, 0.3) is 0 Å². The number of rotatable bonds is 6. The maximum atomic E-state index is 6.20. The molecule has 0 saturated carbocycles. The summed E-state index contributed by atoms with van der Waals surface area (Å²) in [7, 11) is 0. The van der Waals surface area contributed by atoms with Crippen LogP contribution in [0.3, 0.4) is 0 Å². The molecule has 1 aromatic carbocycles. The summed E-state index contributed by atoms with van der Waals surface area (Å²) in [6, 6.07) is 11.6. The van der Waals surface area contributed by atoms with Gasteiger partial charge in [0.25, 0.3) is 0 Å². The minimum absolute atomic E-state index is 0.702. The average Bonchev–Trinajstić information content (AvgIpc) is 2.46. The molecule has 0 aliphatic carbocycles. The molecule has 20 heavy (non-hydrogen) atoms. The molecule has 106 valence electrons. The second-order valence-corrected chi connectivity index (χ2v) is 6.19. The third-order valence-corrected chi connectivity index (χ3v) is 4.28. The molecule has 0 unspecified atom stereocenters. The summed E-state index contributed by atoms with van der Waals surface area (Å²) in [5, 5.41) is 4.72. The zero-order valence-corrected chi connectivity index (χ0v) is 13.5. The van der Waals surface area contributed by atoms with E-state index in [0.29, 0.717) is 5.02 Å². The van der Waals surface area contributed by atoms with Crippen LogP contribution in [-0.2, 0) is 5.75 Å². The maximum Gasteiger partial charge on any atom is 0.126 e. The zero-order chi connectivity index (χ0) is 14.4. The molecule has 0 saturated heterocycles. The van der Waals surface area contributed by atoms with E-state index in [-0.39, 0.29) is 0 Å². The molecule has 0 amide bonds. The van der Waals surface area contributed by atoms with E-state index in [1.807, 2.05) is 36.4 Å². The van der Waals surface area contributed by atoms with E-state index in [9.17, 15) is 0 Å². The fourth-order valence-corrected chi connectivity index (χ4v) is 2.85. The van der Waals surface area contributed by atoms with E-state index in [1.165, 1.54) is 0 Å². The van der Waals surface area contributed by atoms with Gasteiger partial charge in [-0.05, 0) is 42.8 Å². The first-order valence-corrected chi connectivity index (χ1v) is 8.21. The molecule has 0 radical (unpaired) electrons. The number of pyridine rings is 1. The maximum absolute atomic E-state index is 6.20. The largest absolute Gasteiger partial charge is 0.370 e. The first-order chi connectivity index (χ1) is 9.69. The van der Waals surface area contributed by atoms with Gasteiger partial charge in [0.1, 0.15) is 5.82 Å².